The molecule has 1 unspecified atom stereocenters. The molecular formula is C12H11N3O2. The number of hydrogen-bond donors (Lipinski definition) is 1. The second-order valence-electron chi connectivity index (χ2n) is 3.37. The number of aliphatic carboxylic acids is 1. The van der Waals surface area contributed by atoms with Gasteiger partial charge in [-0.1, -0.05) is 30.3 Å². The van der Waals surface area contributed by atoms with Gasteiger partial charge in [0.2, 0.25) is 0 Å². The first kappa shape index (κ1) is 12.7. The molecule has 0 radical (unpaired) electrons. The third-order valence-electron chi connectivity index (χ3n) is 2.26. The Morgan fingerprint density at radius 3 is 2.18 bits per heavy atom. The molecule has 1 rings (SSSR count). The average molecular weight is 229 g/mol. The third-order valence-corrected chi connectivity index (χ3v) is 2.26. The van der Waals surface area contributed by atoms with Crippen LogP contribution in [-0.2, 0) is 4.79 Å². The Morgan fingerprint density at radius 2 is 1.76 bits per heavy atom. The van der Waals surface area contributed by atoms with Gasteiger partial charge in [-0.25, -0.2) is 0 Å². The lowest BCUT2D eigenvalue weighted by atomic mass is 10.1. The molecule has 86 valence electrons. The second-order valence-corrected chi connectivity index (χ2v) is 3.37. The SMILES string of the molecule is N#CCN(CC#N)C(C(=O)O)c1ccccc1. The van der Waals surface area contributed by atoms with E-state index in [-0.39, 0.29) is 13.1 Å². The summed E-state index contributed by atoms with van der Waals surface area (Å²) < 4.78 is 0. The summed E-state index contributed by atoms with van der Waals surface area (Å²) >= 11 is 0. The molecule has 5 heteroatoms. The predicted octanol–water partition coefficient (Wildman–Crippen LogP) is 1.16. The monoisotopic (exact) mass is 229 g/mol. The Balaban J connectivity index is 3.04. The van der Waals surface area contributed by atoms with Crippen molar-refractivity contribution >= 4 is 5.97 Å². The quantitative estimate of drug-likeness (QED) is 0.765. The zero-order chi connectivity index (χ0) is 12.7. The Kier molecular flexibility index (Phi) is 4.68. The maximum Gasteiger partial charge on any atom is 0.325 e. The van der Waals surface area contributed by atoms with Crippen molar-refractivity contribution < 1.29 is 9.90 Å². The van der Waals surface area contributed by atoms with Crippen LogP contribution in [-0.4, -0.2) is 29.1 Å². The Bertz CT molecular complexity index is 443. The maximum atomic E-state index is 11.2. The van der Waals surface area contributed by atoms with Gasteiger partial charge >= 0.3 is 5.97 Å². The van der Waals surface area contributed by atoms with Crippen molar-refractivity contribution in [3.05, 3.63) is 35.9 Å². The van der Waals surface area contributed by atoms with Crippen LogP contribution in [0, 0.1) is 22.7 Å². The van der Waals surface area contributed by atoms with E-state index in [0.29, 0.717) is 5.56 Å². The molecule has 0 heterocycles. The lowest BCUT2D eigenvalue weighted by Gasteiger charge is -2.23. The first-order chi connectivity index (χ1) is 8.20. The summed E-state index contributed by atoms with van der Waals surface area (Å²) in [7, 11) is 0. The van der Waals surface area contributed by atoms with Crippen molar-refractivity contribution in [3.63, 3.8) is 0 Å². The van der Waals surface area contributed by atoms with Crippen molar-refractivity contribution in [1.29, 1.82) is 10.5 Å². The molecule has 0 spiro atoms. The van der Waals surface area contributed by atoms with Gasteiger partial charge in [-0.05, 0) is 5.56 Å². The van der Waals surface area contributed by atoms with E-state index < -0.39 is 12.0 Å². The number of rotatable bonds is 5. The lowest BCUT2D eigenvalue weighted by Crippen LogP contribution is -2.34. The molecule has 0 saturated heterocycles. The lowest BCUT2D eigenvalue weighted by molar-refractivity contribution is -0.143. The zero-order valence-electron chi connectivity index (χ0n) is 9.08. The van der Waals surface area contributed by atoms with Crippen LogP contribution in [0.4, 0.5) is 0 Å². The molecule has 0 fully saturated rings. The van der Waals surface area contributed by atoms with Gasteiger partial charge in [0.05, 0.1) is 25.2 Å². The van der Waals surface area contributed by atoms with Gasteiger partial charge in [-0.3, -0.25) is 9.69 Å². The normalized spacial score (nSPS) is 11.5. The molecule has 1 aromatic rings. The summed E-state index contributed by atoms with van der Waals surface area (Å²) in [5.41, 5.74) is 0.561. The number of nitriles is 2. The summed E-state index contributed by atoms with van der Waals surface area (Å²) in [6, 6.07) is 11.3. The van der Waals surface area contributed by atoms with Crippen molar-refractivity contribution in [1.82, 2.24) is 4.90 Å². The molecule has 0 amide bonds. The van der Waals surface area contributed by atoms with E-state index in [0.717, 1.165) is 0 Å². The van der Waals surface area contributed by atoms with Gasteiger partial charge in [0.1, 0.15) is 6.04 Å². The van der Waals surface area contributed by atoms with E-state index in [2.05, 4.69) is 0 Å². The molecule has 1 atom stereocenters. The van der Waals surface area contributed by atoms with Gasteiger partial charge < -0.3 is 5.11 Å². The highest BCUT2D eigenvalue weighted by molar-refractivity contribution is 5.75. The van der Waals surface area contributed by atoms with E-state index in [9.17, 15) is 9.90 Å². The minimum atomic E-state index is -1.07. The maximum absolute atomic E-state index is 11.2. The average Bonchev–Trinajstić information content (AvgIpc) is 2.31. The molecular weight excluding hydrogens is 218 g/mol. The first-order valence-corrected chi connectivity index (χ1v) is 4.96. The molecule has 1 N–H and O–H groups in total. The van der Waals surface area contributed by atoms with Crippen LogP contribution in [0.5, 0.6) is 0 Å². The molecule has 0 aromatic heterocycles. The minimum absolute atomic E-state index is 0.0978. The fourth-order valence-corrected chi connectivity index (χ4v) is 1.57. The van der Waals surface area contributed by atoms with Crippen molar-refractivity contribution in [2.75, 3.05) is 13.1 Å². The van der Waals surface area contributed by atoms with E-state index in [1.54, 1.807) is 30.3 Å². The molecule has 17 heavy (non-hydrogen) atoms. The molecule has 0 aliphatic carbocycles. The van der Waals surface area contributed by atoms with Crippen LogP contribution in [0.25, 0.3) is 0 Å². The highest BCUT2D eigenvalue weighted by Crippen LogP contribution is 2.20. The highest BCUT2D eigenvalue weighted by atomic mass is 16.4. The second kappa shape index (κ2) is 6.26. The number of hydrogen-bond acceptors (Lipinski definition) is 4. The molecule has 1 aromatic carbocycles. The number of carboxylic acids is 1. The summed E-state index contributed by atoms with van der Waals surface area (Å²) in [6.07, 6.45) is 0. The number of carbonyl (C=O) groups is 1. The fourth-order valence-electron chi connectivity index (χ4n) is 1.57. The first-order valence-electron chi connectivity index (χ1n) is 4.96. The molecule has 0 bridgehead atoms. The zero-order valence-corrected chi connectivity index (χ0v) is 9.08. The van der Waals surface area contributed by atoms with Crippen LogP contribution in [0.3, 0.4) is 0 Å². The standard InChI is InChI=1S/C12H11N3O2/c13-6-8-15(9-7-14)11(12(16)17)10-4-2-1-3-5-10/h1-5,11H,8-9H2,(H,16,17). The Morgan fingerprint density at radius 1 is 1.24 bits per heavy atom. The largest absolute Gasteiger partial charge is 0.480 e. The van der Waals surface area contributed by atoms with Crippen molar-refractivity contribution in [2.45, 2.75) is 6.04 Å². The Hall–Kier alpha value is -2.37. The minimum Gasteiger partial charge on any atom is -0.480 e. The van der Waals surface area contributed by atoms with Gasteiger partial charge in [0, 0.05) is 0 Å². The molecule has 5 nitrogen and oxygen atoms in total. The third kappa shape index (κ3) is 3.30. The van der Waals surface area contributed by atoms with Gasteiger partial charge in [-0.2, -0.15) is 10.5 Å². The smallest absolute Gasteiger partial charge is 0.325 e. The van der Waals surface area contributed by atoms with Crippen LogP contribution >= 0.6 is 0 Å². The van der Waals surface area contributed by atoms with Gasteiger partial charge in [-0.15, -0.1) is 0 Å². The van der Waals surface area contributed by atoms with Crippen LogP contribution in [0.15, 0.2) is 30.3 Å². The Labute approximate surface area is 99.1 Å². The summed E-state index contributed by atoms with van der Waals surface area (Å²) in [5, 5.41) is 26.5. The summed E-state index contributed by atoms with van der Waals surface area (Å²) in [6.45, 7) is -0.196. The number of benzene rings is 1. The van der Waals surface area contributed by atoms with Gasteiger partial charge in [0.25, 0.3) is 0 Å². The van der Waals surface area contributed by atoms with E-state index in [4.69, 9.17) is 10.5 Å². The van der Waals surface area contributed by atoms with Crippen LogP contribution < -0.4 is 0 Å². The predicted molar refractivity (Wildman–Crippen MR) is 59.6 cm³/mol. The molecule has 0 aliphatic rings. The van der Waals surface area contributed by atoms with E-state index in [1.807, 2.05) is 12.1 Å². The topological polar surface area (TPSA) is 88.1 Å². The van der Waals surface area contributed by atoms with Crippen LogP contribution in [0.2, 0.25) is 0 Å². The van der Waals surface area contributed by atoms with Crippen LogP contribution in [0.1, 0.15) is 11.6 Å². The molecule has 0 saturated carbocycles. The van der Waals surface area contributed by atoms with E-state index in [1.165, 1.54) is 4.90 Å². The highest BCUT2D eigenvalue weighted by Gasteiger charge is 2.26. The summed E-state index contributed by atoms with van der Waals surface area (Å²) in [5.74, 6) is -1.07. The van der Waals surface area contributed by atoms with Gasteiger partial charge in [0.15, 0.2) is 0 Å². The fraction of sp³-hybridized carbons (Fsp3) is 0.250. The summed E-state index contributed by atoms with van der Waals surface area (Å²) in [4.78, 5) is 12.5. The van der Waals surface area contributed by atoms with E-state index >= 15 is 0 Å². The van der Waals surface area contributed by atoms with Crippen molar-refractivity contribution in [3.8, 4) is 12.1 Å². The molecule has 0 aliphatic heterocycles. The number of carboxylic acid groups (broad SMARTS) is 1. The number of nitrogens with zero attached hydrogens (tertiary/aromatic N) is 3. The van der Waals surface area contributed by atoms with Crippen molar-refractivity contribution in [2.24, 2.45) is 0 Å².